The Morgan fingerprint density at radius 2 is 2.29 bits per heavy atom. The summed E-state index contributed by atoms with van der Waals surface area (Å²) in [6, 6.07) is 5.40. The fourth-order valence-electron chi connectivity index (χ4n) is 1.74. The summed E-state index contributed by atoms with van der Waals surface area (Å²) in [6.45, 7) is 1.90. The molecular formula is C11H9N3O2S. The number of fused-ring (bicyclic) bond motifs is 1. The van der Waals surface area contributed by atoms with Crippen molar-refractivity contribution in [2.75, 3.05) is 5.73 Å². The quantitative estimate of drug-likeness (QED) is 0.689. The van der Waals surface area contributed by atoms with E-state index in [4.69, 9.17) is 10.2 Å². The van der Waals surface area contributed by atoms with E-state index in [1.54, 1.807) is 12.1 Å². The lowest BCUT2D eigenvalue weighted by atomic mass is 10.1. The number of nitrogens with one attached hydrogen (secondary N) is 1. The first-order valence-corrected chi connectivity index (χ1v) is 5.81. The van der Waals surface area contributed by atoms with Crippen LogP contribution in [0.15, 0.2) is 27.4 Å². The molecular weight excluding hydrogens is 238 g/mol. The van der Waals surface area contributed by atoms with Gasteiger partial charge in [-0.2, -0.15) is 0 Å². The number of anilines is 1. The van der Waals surface area contributed by atoms with Crippen molar-refractivity contribution in [2.45, 2.75) is 6.92 Å². The van der Waals surface area contributed by atoms with Crippen molar-refractivity contribution in [3.63, 3.8) is 0 Å². The number of benzene rings is 1. The van der Waals surface area contributed by atoms with Gasteiger partial charge >= 0.3 is 5.76 Å². The van der Waals surface area contributed by atoms with E-state index in [9.17, 15) is 4.79 Å². The molecule has 0 atom stereocenters. The zero-order chi connectivity index (χ0) is 12.0. The number of H-pyrrole nitrogens is 1. The van der Waals surface area contributed by atoms with E-state index in [0.29, 0.717) is 16.1 Å². The molecule has 0 fully saturated rings. The maximum atomic E-state index is 11.0. The van der Waals surface area contributed by atoms with Gasteiger partial charge in [-0.3, -0.25) is 4.98 Å². The van der Waals surface area contributed by atoms with E-state index in [2.05, 4.69) is 9.97 Å². The topological polar surface area (TPSA) is 84.9 Å². The van der Waals surface area contributed by atoms with Gasteiger partial charge in [0.25, 0.3) is 0 Å². The molecule has 2 aromatic heterocycles. The minimum absolute atomic E-state index is 0.459. The molecule has 0 saturated carbocycles. The normalized spacial score (nSPS) is 11.1. The van der Waals surface area contributed by atoms with Crippen LogP contribution in [0.25, 0.3) is 22.4 Å². The second-order valence-corrected chi connectivity index (χ2v) is 4.91. The molecule has 6 heteroatoms. The molecule has 0 bridgehead atoms. The lowest BCUT2D eigenvalue weighted by Crippen LogP contribution is -1.92. The van der Waals surface area contributed by atoms with Gasteiger partial charge in [0.15, 0.2) is 5.58 Å². The molecule has 3 aromatic rings. The monoisotopic (exact) mass is 247 g/mol. The molecule has 0 aliphatic heterocycles. The van der Waals surface area contributed by atoms with Gasteiger partial charge in [0.2, 0.25) is 0 Å². The first kappa shape index (κ1) is 10.1. The predicted octanol–water partition coefficient (Wildman–Crippen LogP) is 2.14. The molecule has 0 radical (unpaired) electrons. The van der Waals surface area contributed by atoms with Crippen LogP contribution in [0.4, 0.5) is 5.00 Å². The third-order valence-electron chi connectivity index (χ3n) is 2.45. The van der Waals surface area contributed by atoms with Crippen molar-refractivity contribution < 1.29 is 4.42 Å². The average Bonchev–Trinajstić information content (AvgIpc) is 2.78. The number of aromatic nitrogens is 2. The largest absolute Gasteiger partial charge is 0.417 e. The Balaban J connectivity index is 2.23. The molecule has 0 aliphatic rings. The number of aromatic amines is 1. The molecule has 86 valence electrons. The summed E-state index contributed by atoms with van der Waals surface area (Å²) in [6.07, 6.45) is 0. The molecule has 0 saturated heterocycles. The van der Waals surface area contributed by atoms with Crippen LogP contribution < -0.4 is 11.5 Å². The second-order valence-electron chi connectivity index (χ2n) is 3.67. The molecule has 0 amide bonds. The summed E-state index contributed by atoms with van der Waals surface area (Å²) >= 11 is 1.44. The number of thiazole rings is 1. The van der Waals surface area contributed by atoms with E-state index in [1.807, 2.05) is 13.0 Å². The SMILES string of the molecule is Cc1nc(-c2ccc3[nH]c(=O)oc3c2)c(N)s1. The number of oxazole rings is 1. The van der Waals surface area contributed by atoms with Crippen molar-refractivity contribution in [3.05, 3.63) is 33.8 Å². The van der Waals surface area contributed by atoms with Crippen molar-refractivity contribution in [1.29, 1.82) is 0 Å². The van der Waals surface area contributed by atoms with E-state index in [-0.39, 0.29) is 0 Å². The van der Waals surface area contributed by atoms with Gasteiger partial charge in [0, 0.05) is 5.56 Å². The standard InChI is InChI=1S/C11H9N3O2S/c1-5-13-9(10(12)17-5)6-2-3-7-8(4-6)16-11(15)14-7/h2-4H,12H2,1H3,(H,14,15). The van der Waals surface area contributed by atoms with Crippen LogP contribution in [0, 0.1) is 6.92 Å². The zero-order valence-corrected chi connectivity index (χ0v) is 9.80. The number of nitrogens with two attached hydrogens (primary N) is 1. The van der Waals surface area contributed by atoms with Gasteiger partial charge in [-0.25, -0.2) is 9.78 Å². The van der Waals surface area contributed by atoms with E-state index >= 15 is 0 Å². The highest BCUT2D eigenvalue weighted by Crippen LogP contribution is 2.31. The summed E-state index contributed by atoms with van der Waals surface area (Å²) in [7, 11) is 0. The maximum Gasteiger partial charge on any atom is 0.417 e. The fourth-order valence-corrected chi connectivity index (χ4v) is 2.46. The molecule has 1 aromatic carbocycles. The third-order valence-corrected chi connectivity index (χ3v) is 3.25. The summed E-state index contributed by atoms with van der Waals surface area (Å²) in [5.74, 6) is -0.459. The van der Waals surface area contributed by atoms with E-state index in [0.717, 1.165) is 16.3 Å². The maximum absolute atomic E-state index is 11.0. The molecule has 2 heterocycles. The molecule has 3 N–H and O–H groups in total. The Morgan fingerprint density at radius 1 is 1.47 bits per heavy atom. The van der Waals surface area contributed by atoms with Crippen LogP contribution in [0.5, 0.6) is 0 Å². The number of hydrogen-bond acceptors (Lipinski definition) is 5. The Labute approximate surface area is 99.9 Å². The third kappa shape index (κ3) is 1.62. The first-order chi connectivity index (χ1) is 8.13. The number of nitrogen functional groups attached to an aromatic ring is 1. The molecule has 5 nitrogen and oxygen atoms in total. The number of nitrogens with zero attached hydrogens (tertiary/aromatic N) is 1. The Hall–Kier alpha value is -2.08. The lowest BCUT2D eigenvalue weighted by Gasteiger charge is -1.97. The zero-order valence-electron chi connectivity index (χ0n) is 8.98. The minimum atomic E-state index is -0.459. The van der Waals surface area contributed by atoms with Crippen LogP contribution >= 0.6 is 11.3 Å². The highest BCUT2D eigenvalue weighted by molar-refractivity contribution is 7.16. The Morgan fingerprint density at radius 3 is 3.00 bits per heavy atom. The van der Waals surface area contributed by atoms with Crippen molar-refractivity contribution in [3.8, 4) is 11.3 Å². The minimum Gasteiger partial charge on any atom is -0.408 e. The van der Waals surface area contributed by atoms with Crippen molar-refractivity contribution >= 4 is 27.4 Å². The van der Waals surface area contributed by atoms with Gasteiger partial charge in [-0.05, 0) is 19.1 Å². The van der Waals surface area contributed by atoms with Crippen molar-refractivity contribution in [1.82, 2.24) is 9.97 Å². The van der Waals surface area contributed by atoms with Crippen LogP contribution in [-0.2, 0) is 0 Å². The van der Waals surface area contributed by atoms with E-state index < -0.39 is 5.76 Å². The second kappa shape index (κ2) is 3.46. The summed E-state index contributed by atoms with van der Waals surface area (Å²) in [4.78, 5) is 18.0. The lowest BCUT2D eigenvalue weighted by molar-refractivity contribution is 0.555. The van der Waals surface area contributed by atoms with Crippen molar-refractivity contribution in [2.24, 2.45) is 0 Å². The molecule has 17 heavy (non-hydrogen) atoms. The van der Waals surface area contributed by atoms with Gasteiger partial charge in [-0.15, -0.1) is 11.3 Å². The number of rotatable bonds is 1. The highest BCUT2D eigenvalue weighted by Gasteiger charge is 2.10. The van der Waals surface area contributed by atoms with Gasteiger partial charge in [0.1, 0.15) is 10.7 Å². The highest BCUT2D eigenvalue weighted by atomic mass is 32.1. The first-order valence-electron chi connectivity index (χ1n) is 4.99. The van der Waals surface area contributed by atoms with Gasteiger partial charge in [-0.1, -0.05) is 6.07 Å². The Bertz CT molecular complexity index is 754. The number of hydrogen-bond donors (Lipinski definition) is 2. The molecule has 3 rings (SSSR count). The smallest absolute Gasteiger partial charge is 0.408 e. The summed E-state index contributed by atoms with van der Waals surface area (Å²) < 4.78 is 5.00. The van der Waals surface area contributed by atoms with Gasteiger partial charge in [0.05, 0.1) is 10.5 Å². The predicted molar refractivity (Wildman–Crippen MR) is 67.1 cm³/mol. The molecule has 0 spiro atoms. The molecule has 0 unspecified atom stereocenters. The van der Waals surface area contributed by atoms with Crippen LogP contribution in [-0.4, -0.2) is 9.97 Å². The average molecular weight is 247 g/mol. The van der Waals surface area contributed by atoms with E-state index in [1.165, 1.54) is 11.3 Å². The Kier molecular flexibility index (Phi) is 2.05. The van der Waals surface area contributed by atoms with Crippen LogP contribution in [0.2, 0.25) is 0 Å². The van der Waals surface area contributed by atoms with Crippen LogP contribution in [0.3, 0.4) is 0 Å². The summed E-state index contributed by atoms with van der Waals surface area (Å²) in [5, 5.41) is 1.58. The van der Waals surface area contributed by atoms with Gasteiger partial charge < -0.3 is 10.2 Å². The fraction of sp³-hybridized carbons (Fsp3) is 0.0909. The van der Waals surface area contributed by atoms with Crippen LogP contribution in [0.1, 0.15) is 5.01 Å². The number of aryl methyl sites for hydroxylation is 1. The molecule has 0 aliphatic carbocycles. The summed E-state index contributed by atoms with van der Waals surface area (Å²) in [5.41, 5.74) is 8.64.